The quantitative estimate of drug-likeness (QED) is 0.668. The van der Waals surface area contributed by atoms with E-state index >= 15 is 0 Å². The van der Waals surface area contributed by atoms with Gasteiger partial charge in [0.2, 0.25) is 0 Å². The molecular formula is C24H31N5O. The van der Waals surface area contributed by atoms with Crippen LogP contribution in [0, 0.1) is 5.92 Å². The normalized spacial score (nSPS) is 15.7. The van der Waals surface area contributed by atoms with Crippen LogP contribution in [0.15, 0.2) is 42.7 Å². The lowest BCUT2D eigenvalue weighted by atomic mass is 9.99. The average Bonchev–Trinajstić information content (AvgIpc) is 3.18. The number of amides is 1. The third-order valence-corrected chi connectivity index (χ3v) is 5.94. The number of benzene rings is 1. The molecule has 1 fully saturated rings. The van der Waals surface area contributed by atoms with Gasteiger partial charge in [0.1, 0.15) is 0 Å². The molecule has 30 heavy (non-hydrogen) atoms. The first kappa shape index (κ1) is 20.5. The van der Waals surface area contributed by atoms with E-state index in [1.807, 2.05) is 10.7 Å². The van der Waals surface area contributed by atoms with E-state index in [2.05, 4.69) is 65.3 Å². The summed E-state index contributed by atoms with van der Waals surface area (Å²) < 4.78 is 1.86. The number of fused-ring (bicyclic) bond motifs is 1. The highest BCUT2D eigenvalue weighted by Crippen LogP contribution is 2.19. The predicted octanol–water partition coefficient (Wildman–Crippen LogP) is 4.17. The maximum Gasteiger partial charge on any atom is 0.253 e. The molecule has 0 radical (unpaired) electrons. The van der Waals surface area contributed by atoms with E-state index in [0.29, 0.717) is 12.1 Å². The van der Waals surface area contributed by atoms with Gasteiger partial charge in [-0.05, 0) is 62.9 Å². The van der Waals surface area contributed by atoms with Crippen LogP contribution < -0.4 is 5.32 Å². The standard InChI is InChI=1S/C24H31N5O/c1-17(2)29-23-21(15-27-29)12-22(14-25-23)24(30)26-13-19-4-6-20(7-5-19)16-28-10-8-18(3)9-11-28/h4-7,12,14-15,17-18H,8-11,13,16H2,1-3H3,(H,26,30). The van der Waals surface area contributed by atoms with Crippen molar-refractivity contribution >= 4 is 16.9 Å². The van der Waals surface area contributed by atoms with E-state index in [9.17, 15) is 4.79 Å². The molecule has 1 aliphatic heterocycles. The van der Waals surface area contributed by atoms with Gasteiger partial charge in [0.25, 0.3) is 5.91 Å². The number of hydrogen-bond acceptors (Lipinski definition) is 4. The fourth-order valence-electron chi connectivity index (χ4n) is 3.97. The highest BCUT2D eigenvalue weighted by atomic mass is 16.1. The third-order valence-electron chi connectivity index (χ3n) is 5.94. The lowest BCUT2D eigenvalue weighted by Gasteiger charge is -2.30. The summed E-state index contributed by atoms with van der Waals surface area (Å²) in [6.45, 7) is 10.4. The Morgan fingerprint density at radius 1 is 1.13 bits per heavy atom. The molecule has 1 saturated heterocycles. The zero-order valence-corrected chi connectivity index (χ0v) is 18.1. The topological polar surface area (TPSA) is 63.1 Å². The van der Waals surface area contributed by atoms with Gasteiger partial charge in [-0.2, -0.15) is 5.10 Å². The molecule has 3 aromatic rings. The van der Waals surface area contributed by atoms with Crippen molar-refractivity contribution < 1.29 is 4.79 Å². The van der Waals surface area contributed by atoms with Crippen LogP contribution in [0.5, 0.6) is 0 Å². The number of carbonyl (C=O) groups is 1. The molecule has 0 aliphatic carbocycles. The van der Waals surface area contributed by atoms with Crippen LogP contribution in [0.2, 0.25) is 0 Å². The van der Waals surface area contributed by atoms with Crippen LogP contribution in [0.25, 0.3) is 11.0 Å². The molecule has 0 unspecified atom stereocenters. The molecule has 6 nitrogen and oxygen atoms in total. The van der Waals surface area contributed by atoms with Crippen LogP contribution in [-0.2, 0) is 13.1 Å². The minimum atomic E-state index is -0.117. The van der Waals surface area contributed by atoms with Gasteiger partial charge in [0, 0.05) is 30.7 Å². The van der Waals surface area contributed by atoms with E-state index in [-0.39, 0.29) is 11.9 Å². The number of pyridine rings is 1. The molecular weight excluding hydrogens is 374 g/mol. The minimum absolute atomic E-state index is 0.117. The van der Waals surface area contributed by atoms with Gasteiger partial charge in [-0.15, -0.1) is 0 Å². The molecule has 1 N–H and O–H groups in total. The Bertz CT molecular complexity index is 1000. The Hall–Kier alpha value is -2.73. The smallest absolute Gasteiger partial charge is 0.253 e. The summed E-state index contributed by atoms with van der Waals surface area (Å²) in [5, 5.41) is 8.24. The molecule has 0 spiro atoms. The number of nitrogens with one attached hydrogen (secondary N) is 1. The maximum absolute atomic E-state index is 12.6. The van der Waals surface area contributed by atoms with Crippen molar-refractivity contribution in [3.05, 3.63) is 59.4 Å². The van der Waals surface area contributed by atoms with E-state index in [1.54, 1.807) is 12.4 Å². The summed E-state index contributed by atoms with van der Waals surface area (Å²) in [6.07, 6.45) is 5.98. The van der Waals surface area contributed by atoms with Crippen LogP contribution in [0.3, 0.4) is 0 Å². The van der Waals surface area contributed by atoms with Crippen LogP contribution >= 0.6 is 0 Å². The summed E-state index contributed by atoms with van der Waals surface area (Å²) in [5.74, 6) is 0.739. The second kappa shape index (κ2) is 8.96. The summed E-state index contributed by atoms with van der Waals surface area (Å²) in [5.41, 5.74) is 3.79. The summed E-state index contributed by atoms with van der Waals surface area (Å²) >= 11 is 0. The molecule has 1 aliphatic rings. The molecule has 158 valence electrons. The Balaban J connectivity index is 1.33. The largest absolute Gasteiger partial charge is 0.348 e. The van der Waals surface area contributed by atoms with Crippen molar-refractivity contribution in [2.45, 2.75) is 52.7 Å². The Labute approximate surface area is 178 Å². The summed E-state index contributed by atoms with van der Waals surface area (Å²) in [6, 6.07) is 10.6. The van der Waals surface area contributed by atoms with E-state index in [0.717, 1.165) is 29.1 Å². The fraction of sp³-hybridized carbons (Fsp3) is 0.458. The van der Waals surface area contributed by atoms with Gasteiger partial charge < -0.3 is 5.32 Å². The van der Waals surface area contributed by atoms with Crippen molar-refractivity contribution in [2.75, 3.05) is 13.1 Å². The minimum Gasteiger partial charge on any atom is -0.348 e. The first-order chi connectivity index (χ1) is 14.5. The molecule has 4 rings (SSSR count). The van der Waals surface area contributed by atoms with Crippen molar-refractivity contribution in [3.63, 3.8) is 0 Å². The summed E-state index contributed by atoms with van der Waals surface area (Å²) in [7, 11) is 0. The highest BCUT2D eigenvalue weighted by Gasteiger charge is 2.16. The fourth-order valence-corrected chi connectivity index (χ4v) is 3.97. The van der Waals surface area contributed by atoms with Crippen molar-refractivity contribution in [2.24, 2.45) is 5.92 Å². The lowest BCUT2D eigenvalue weighted by Crippen LogP contribution is -2.32. The molecule has 3 heterocycles. The number of carbonyl (C=O) groups excluding carboxylic acids is 1. The average molecular weight is 406 g/mol. The van der Waals surface area contributed by atoms with Gasteiger partial charge in [-0.25, -0.2) is 9.67 Å². The van der Waals surface area contributed by atoms with Crippen molar-refractivity contribution in [1.29, 1.82) is 0 Å². The van der Waals surface area contributed by atoms with E-state index in [4.69, 9.17) is 0 Å². The lowest BCUT2D eigenvalue weighted by molar-refractivity contribution is 0.0950. The zero-order valence-electron chi connectivity index (χ0n) is 18.1. The first-order valence-corrected chi connectivity index (χ1v) is 10.9. The van der Waals surface area contributed by atoms with Crippen LogP contribution in [0.1, 0.15) is 61.1 Å². The number of aromatic nitrogens is 3. The highest BCUT2D eigenvalue weighted by molar-refractivity contribution is 5.96. The van der Waals surface area contributed by atoms with Gasteiger partial charge in [-0.1, -0.05) is 31.2 Å². The molecule has 0 atom stereocenters. The van der Waals surface area contributed by atoms with Crippen LogP contribution in [-0.4, -0.2) is 38.7 Å². The van der Waals surface area contributed by atoms with Gasteiger partial charge >= 0.3 is 0 Å². The SMILES string of the molecule is CC1CCN(Cc2ccc(CNC(=O)c3cnc4c(cnn4C(C)C)c3)cc2)CC1. The Kier molecular flexibility index (Phi) is 6.13. The maximum atomic E-state index is 12.6. The first-order valence-electron chi connectivity index (χ1n) is 10.9. The molecule has 0 bridgehead atoms. The molecule has 6 heteroatoms. The van der Waals surface area contributed by atoms with Crippen molar-refractivity contribution in [1.82, 2.24) is 25.0 Å². The number of hydrogen-bond donors (Lipinski definition) is 1. The number of piperidine rings is 1. The van der Waals surface area contributed by atoms with E-state index in [1.165, 1.54) is 31.5 Å². The Morgan fingerprint density at radius 3 is 2.53 bits per heavy atom. The Morgan fingerprint density at radius 2 is 1.83 bits per heavy atom. The summed E-state index contributed by atoms with van der Waals surface area (Å²) in [4.78, 5) is 19.5. The van der Waals surface area contributed by atoms with E-state index < -0.39 is 0 Å². The predicted molar refractivity (Wildman–Crippen MR) is 119 cm³/mol. The molecule has 0 saturated carbocycles. The molecule has 1 aromatic carbocycles. The van der Waals surface area contributed by atoms with Gasteiger partial charge in [0.15, 0.2) is 5.65 Å². The number of likely N-dealkylation sites (tertiary alicyclic amines) is 1. The second-order valence-corrected chi connectivity index (χ2v) is 8.78. The van der Waals surface area contributed by atoms with Crippen LogP contribution in [0.4, 0.5) is 0 Å². The number of rotatable bonds is 6. The van der Waals surface area contributed by atoms with Gasteiger partial charge in [-0.3, -0.25) is 9.69 Å². The monoisotopic (exact) mass is 405 g/mol. The van der Waals surface area contributed by atoms with Crippen molar-refractivity contribution in [3.8, 4) is 0 Å². The third kappa shape index (κ3) is 4.70. The molecule has 2 aromatic heterocycles. The number of nitrogens with zero attached hydrogens (tertiary/aromatic N) is 4. The molecule has 1 amide bonds. The van der Waals surface area contributed by atoms with Gasteiger partial charge in [0.05, 0.1) is 11.8 Å². The zero-order chi connectivity index (χ0) is 21.1. The second-order valence-electron chi connectivity index (χ2n) is 8.78.